The maximum absolute atomic E-state index is 14.4. The molecule has 3 N–H and O–H groups in total. The van der Waals surface area contributed by atoms with E-state index in [1.165, 1.54) is 43.6 Å². The molecule has 0 atom stereocenters. The molecule has 0 spiro atoms. The Morgan fingerprint density at radius 2 is 1.71 bits per heavy atom. The van der Waals surface area contributed by atoms with Gasteiger partial charge in [0.2, 0.25) is 0 Å². The zero-order chi connectivity index (χ0) is 22.5. The minimum Gasteiger partial charge on any atom is -0.497 e. The summed E-state index contributed by atoms with van der Waals surface area (Å²) in [5, 5.41) is 20.7. The summed E-state index contributed by atoms with van der Waals surface area (Å²) in [5.74, 6) is -4.26. The van der Waals surface area contributed by atoms with Crippen LogP contribution in [0.15, 0.2) is 54.7 Å². The minimum atomic E-state index is -1.47. The second kappa shape index (κ2) is 8.91. The third-order valence-corrected chi connectivity index (χ3v) is 4.09. The van der Waals surface area contributed by atoms with Crippen LogP contribution < -0.4 is 14.8 Å². The van der Waals surface area contributed by atoms with E-state index < -0.39 is 34.8 Å². The number of nitrogens with zero attached hydrogens (tertiary/aromatic N) is 1. The van der Waals surface area contributed by atoms with Crippen LogP contribution in [-0.4, -0.2) is 40.2 Å². The first kappa shape index (κ1) is 21.2. The lowest BCUT2D eigenvalue weighted by molar-refractivity contribution is 0.0651. The van der Waals surface area contributed by atoms with Gasteiger partial charge in [-0.3, -0.25) is 9.78 Å². The lowest BCUT2D eigenvalue weighted by Gasteiger charge is -2.14. The van der Waals surface area contributed by atoms with Gasteiger partial charge in [0.1, 0.15) is 22.9 Å². The highest BCUT2D eigenvalue weighted by molar-refractivity contribution is 6.04. The van der Waals surface area contributed by atoms with Crippen LogP contribution in [0.2, 0.25) is 0 Å². The van der Waals surface area contributed by atoms with Crippen molar-refractivity contribution in [1.82, 2.24) is 4.98 Å². The number of rotatable bonds is 7. The average molecular weight is 426 g/mol. The van der Waals surface area contributed by atoms with Gasteiger partial charge in [-0.15, -0.1) is 0 Å². The molecule has 1 heterocycles. The van der Waals surface area contributed by atoms with E-state index in [1.807, 2.05) is 0 Å². The summed E-state index contributed by atoms with van der Waals surface area (Å²) < 4.78 is 25.0. The van der Waals surface area contributed by atoms with Gasteiger partial charge in [-0.05, 0) is 36.4 Å². The van der Waals surface area contributed by atoms with E-state index in [4.69, 9.17) is 14.6 Å². The predicted octanol–water partition coefficient (Wildman–Crippen LogP) is 3.67. The third kappa shape index (κ3) is 4.75. The fourth-order valence-electron chi connectivity index (χ4n) is 2.63. The molecule has 0 radical (unpaired) electrons. The fourth-order valence-corrected chi connectivity index (χ4v) is 2.63. The molecule has 9 nitrogen and oxygen atoms in total. The summed E-state index contributed by atoms with van der Waals surface area (Å²) in [6.07, 6.45) is 1.35. The first-order valence-electron chi connectivity index (χ1n) is 8.68. The maximum Gasteiger partial charge on any atom is 0.336 e. The van der Waals surface area contributed by atoms with E-state index in [1.54, 1.807) is 0 Å². The topological polar surface area (TPSA) is 135 Å². The zero-order valence-corrected chi connectivity index (χ0v) is 16.0. The Morgan fingerprint density at radius 3 is 2.39 bits per heavy atom. The number of hydrogen-bond donors (Lipinski definition) is 3. The highest BCUT2D eigenvalue weighted by Gasteiger charge is 2.19. The highest BCUT2D eigenvalue weighted by atomic mass is 19.1. The number of aromatic carboxylic acids is 2. The molecule has 0 fully saturated rings. The van der Waals surface area contributed by atoms with Crippen molar-refractivity contribution in [3.8, 4) is 17.2 Å². The van der Waals surface area contributed by atoms with Crippen LogP contribution >= 0.6 is 0 Å². The van der Waals surface area contributed by atoms with Crippen molar-refractivity contribution in [1.29, 1.82) is 0 Å². The van der Waals surface area contributed by atoms with Crippen LogP contribution in [0.1, 0.15) is 31.2 Å². The zero-order valence-electron chi connectivity index (χ0n) is 16.0. The number of amides is 1. The molecule has 3 rings (SSSR count). The van der Waals surface area contributed by atoms with Gasteiger partial charge in [-0.1, -0.05) is 6.07 Å². The smallest absolute Gasteiger partial charge is 0.336 e. The quantitative estimate of drug-likeness (QED) is 0.521. The Kier molecular flexibility index (Phi) is 6.10. The molecule has 0 unspecified atom stereocenters. The monoisotopic (exact) mass is 426 g/mol. The molecule has 0 saturated heterocycles. The van der Waals surface area contributed by atoms with E-state index in [0.717, 1.165) is 18.2 Å². The van der Waals surface area contributed by atoms with E-state index in [0.29, 0.717) is 5.75 Å². The van der Waals surface area contributed by atoms with Gasteiger partial charge in [-0.2, -0.15) is 0 Å². The number of nitrogens with one attached hydrogen (secondary N) is 1. The van der Waals surface area contributed by atoms with Gasteiger partial charge in [0.15, 0.2) is 11.6 Å². The molecule has 10 heteroatoms. The standard InChI is InChI=1S/C21H15FN2O7/c1-30-11-7-8-23-16(10-11)19(25)24-18-15(22)3-2-4-17(18)31-12-5-6-13(20(26)27)14(9-12)21(28)29/h2-10H,1H3,(H,24,25)(H,26,27)(H,28,29). The fraction of sp³-hybridized carbons (Fsp3) is 0.0476. The summed E-state index contributed by atoms with van der Waals surface area (Å²) in [5.41, 5.74) is -1.28. The Labute approximate surface area is 174 Å². The van der Waals surface area contributed by atoms with Crippen LogP contribution in [0.3, 0.4) is 0 Å². The number of ether oxygens (including phenoxy) is 2. The van der Waals surface area contributed by atoms with Crippen molar-refractivity contribution in [3.63, 3.8) is 0 Å². The number of carbonyl (C=O) groups excluding carboxylic acids is 1. The molecule has 3 aromatic rings. The number of methoxy groups -OCH3 is 1. The van der Waals surface area contributed by atoms with Crippen molar-refractivity contribution < 1.29 is 38.5 Å². The second-order valence-corrected chi connectivity index (χ2v) is 6.07. The van der Waals surface area contributed by atoms with E-state index in [2.05, 4.69) is 10.3 Å². The van der Waals surface area contributed by atoms with Crippen molar-refractivity contribution >= 4 is 23.5 Å². The Balaban J connectivity index is 1.93. The number of para-hydroxylation sites is 1. The SMILES string of the molecule is COc1ccnc(C(=O)Nc2c(F)cccc2Oc2ccc(C(=O)O)c(C(=O)O)c2)c1. The van der Waals surface area contributed by atoms with Gasteiger partial charge in [-0.25, -0.2) is 14.0 Å². The molecule has 0 aliphatic rings. The molecule has 31 heavy (non-hydrogen) atoms. The molecule has 158 valence electrons. The number of pyridine rings is 1. The maximum atomic E-state index is 14.4. The van der Waals surface area contributed by atoms with E-state index in [-0.39, 0.29) is 22.9 Å². The highest BCUT2D eigenvalue weighted by Crippen LogP contribution is 2.33. The number of anilines is 1. The number of hydrogen-bond acceptors (Lipinski definition) is 6. The molecule has 0 aliphatic carbocycles. The van der Waals surface area contributed by atoms with Gasteiger partial charge in [0.25, 0.3) is 5.91 Å². The normalized spacial score (nSPS) is 10.3. The van der Waals surface area contributed by atoms with Gasteiger partial charge < -0.3 is 25.0 Å². The molecule has 0 bridgehead atoms. The van der Waals surface area contributed by atoms with E-state index >= 15 is 0 Å². The lowest BCUT2D eigenvalue weighted by atomic mass is 10.1. The number of carbonyl (C=O) groups is 3. The predicted molar refractivity (Wildman–Crippen MR) is 106 cm³/mol. The molecule has 0 saturated carbocycles. The van der Waals surface area contributed by atoms with Crippen LogP contribution in [0, 0.1) is 5.82 Å². The molecule has 0 aliphatic heterocycles. The molecule has 1 amide bonds. The van der Waals surface area contributed by atoms with Crippen LogP contribution in [0.5, 0.6) is 17.2 Å². The van der Waals surface area contributed by atoms with Gasteiger partial charge >= 0.3 is 11.9 Å². The van der Waals surface area contributed by atoms with Crippen molar-refractivity contribution in [2.75, 3.05) is 12.4 Å². The summed E-state index contributed by atoms with van der Waals surface area (Å²) >= 11 is 0. The number of halogens is 1. The van der Waals surface area contributed by atoms with Crippen molar-refractivity contribution in [2.24, 2.45) is 0 Å². The molecule has 1 aromatic heterocycles. The summed E-state index contributed by atoms with van der Waals surface area (Å²) in [4.78, 5) is 38.9. The largest absolute Gasteiger partial charge is 0.497 e. The lowest BCUT2D eigenvalue weighted by Crippen LogP contribution is -2.15. The third-order valence-electron chi connectivity index (χ3n) is 4.09. The minimum absolute atomic E-state index is 0.0347. The number of carboxylic acids is 2. The summed E-state index contributed by atoms with van der Waals surface area (Å²) in [6.45, 7) is 0. The number of carboxylic acid groups (broad SMARTS) is 2. The average Bonchev–Trinajstić information content (AvgIpc) is 2.75. The van der Waals surface area contributed by atoms with Crippen LogP contribution in [0.4, 0.5) is 10.1 Å². The Hall–Kier alpha value is -4.47. The van der Waals surface area contributed by atoms with Crippen molar-refractivity contribution in [3.05, 3.63) is 77.4 Å². The van der Waals surface area contributed by atoms with E-state index in [9.17, 15) is 23.9 Å². The molecular weight excluding hydrogens is 411 g/mol. The second-order valence-electron chi connectivity index (χ2n) is 6.07. The molecule has 2 aromatic carbocycles. The summed E-state index contributed by atoms with van der Waals surface area (Å²) in [7, 11) is 1.42. The number of benzene rings is 2. The van der Waals surface area contributed by atoms with Crippen LogP contribution in [0.25, 0.3) is 0 Å². The number of aromatic nitrogens is 1. The first-order chi connectivity index (χ1) is 14.8. The van der Waals surface area contributed by atoms with Gasteiger partial charge in [0, 0.05) is 12.3 Å². The Morgan fingerprint density at radius 1 is 0.968 bits per heavy atom. The first-order valence-corrected chi connectivity index (χ1v) is 8.68. The van der Waals surface area contributed by atoms with Gasteiger partial charge in [0.05, 0.1) is 18.2 Å². The summed E-state index contributed by atoms with van der Waals surface area (Å²) in [6, 6.07) is 9.94. The van der Waals surface area contributed by atoms with Crippen molar-refractivity contribution in [2.45, 2.75) is 0 Å². The van der Waals surface area contributed by atoms with Crippen LogP contribution in [-0.2, 0) is 0 Å². The molecular formula is C21H15FN2O7. The Bertz CT molecular complexity index is 1180.